The lowest BCUT2D eigenvalue weighted by Crippen LogP contribution is -2.34. The Kier molecular flexibility index (Phi) is 3.87. The topological polar surface area (TPSA) is 97.0 Å². The molecule has 0 atom stereocenters. The summed E-state index contributed by atoms with van der Waals surface area (Å²) in [5.74, 6) is 3.07. The van der Waals surface area contributed by atoms with Gasteiger partial charge in [-0.05, 0) is 37.8 Å². The zero-order valence-electron chi connectivity index (χ0n) is 13.6. The third-order valence-electron chi connectivity index (χ3n) is 4.68. The molecule has 2 aromatic rings. The van der Waals surface area contributed by atoms with E-state index in [-0.39, 0.29) is 5.91 Å². The van der Waals surface area contributed by atoms with Gasteiger partial charge in [0.2, 0.25) is 5.89 Å². The number of carbonyl (C=O) groups is 1. The smallest absolute Gasteiger partial charge is 0.271 e. The quantitative estimate of drug-likeness (QED) is 0.908. The minimum absolute atomic E-state index is 0.226. The molecule has 1 amide bonds. The lowest BCUT2D eigenvalue weighted by atomic mass is 9.96. The van der Waals surface area contributed by atoms with Gasteiger partial charge >= 0.3 is 0 Å². The maximum absolute atomic E-state index is 11.5. The Balaban J connectivity index is 1.37. The zero-order valence-corrected chi connectivity index (χ0v) is 13.6. The Morgan fingerprint density at radius 1 is 1.17 bits per heavy atom. The van der Waals surface area contributed by atoms with Gasteiger partial charge in [-0.3, -0.25) is 4.79 Å². The number of rotatable bonds is 4. The van der Waals surface area contributed by atoms with Crippen molar-refractivity contribution in [3.8, 4) is 0 Å². The second-order valence-corrected chi connectivity index (χ2v) is 6.38. The fraction of sp³-hybridized carbons (Fsp3) is 0.562. The standard InChI is InChI=1S/C16H20N6O2/c1-17-15(23)12-4-5-13(20-19-12)22-8-6-10(7-9-22)14-18-16(24-21-14)11-2-3-11/h4-5,10-11H,2-3,6-9H2,1H3,(H,17,23). The molecule has 2 aliphatic rings. The molecule has 24 heavy (non-hydrogen) atoms. The van der Waals surface area contributed by atoms with Crippen molar-refractivity contribution in [2.24, 2.45) is 0 Å². The van der Waals surface area contributed by atoms with Crippen molar-refractivity contribution in [1.29, 1.82) is 0 Å². The number of hydrogen-bond donors (Lipinski definition) is 1. The zero-order chi connectivity index (χ0) is 16.5. The van der Waals surface area contributed by atoms with Crippen molar-refractivity contribution in [1.82, 2.24) is 25.7 Å². The molecule has 0 aromatic carbocycles. The van der Waals surface area contributed by atoms with Gasteiger partial charge in [0.05, 0.1) is 0 Å². The van der Waals surface area contributed by atoms with Crippen LogP contribution in [0.2, 0.25) is 0 Å². The minimum atomic E-state index is -0.226. The second-order valence-electron chi connectivity index (χ2n) is 6.38. The lowest BCUT2D eigenvalue weighted by molar-refractivity contribution is 0.0957. The van der Waals surface area contributed by atoms with E-state index >= 15 is 0 Å². The van der Waals surface area contributed by atoms with Crippen molar-refractivity contribution >= 4 is 11.7 Å². The first-order valence-electron chi connectivity index (χ1n) is 8.39. The first-order chi connectivity index (χ1) is 11.7. The van der Waals surface area contributed by atoms with Crippen LogP contribution in [-0.4, -0.2) is 46.4 Å². The lowest BCUT2D eigenvalue weighted by Gasteiger charge is -2.31. The predicted molar refractivity (Wildman–Crippen MR) is 85.9 cm³/mol. The van der Waals surface area contributed by atoms with Gasteiger partial charge < -0.3 is 14.7 Å². The van der Waals surface area contributed by atoms with Crippen LogP contribution in [-0.2, 0) is 0 Å². The summed E-state index contributed by atoms with van der Waals surface area (Å²) >= 11 is 0. The Morgan fingerprint density at radius 3 is 2.58 bits per heavy atom. The summed E-state index contributed by atoms with van der Waals surface area (Å²) in [6.07, 6.45) is 4.26. The highest BCUT2D eigenvalue weighted by Crippen LogP contribution is 2.39. The number of hydrogen-bond acceptors (Lipinski definition) is 7. The number of carbonyl (C=O) groups excluding carboxylic acids is 1. The largest absolute Gasteiger partial charge is 0.355 e. The van der Waals surface area contributed by atoms with Crippen molar-refractivity contribution < 1.29 is 9.32 Å². The first kappa shape index (κ1) is 15.0. The summed E-state index contributed by atoms with van der Waals surface area (Å²) in [5, 5.41) is 14.9. The van der Waals surface area contributed by atoms with Gasteiger partial charge in [0.25, 0.3) is 5.91 Å². The van der Waals surface area contributed by atoms with Crippen LogP contribution in [0.3, 0.4) is 0 Å². The van der Waals surface area contributed by atoms with E-state index in [2.05, 4.69) is 30.6 Å². The van der Waals surface area contributed by atoms with Crippen LogP contribution in [0, 0.1) is 0 Å². The van der Waals surface area contributed by atoms with Crippen molar-refractivity contribution in [2.75, 3.05) is 25.0 Å². The SMILES string of the molecule is CNC(=O)c1ccc(N2CCC(c3noc(C4CC4)n3)CC2)nn1. The van der Waals surface area contributed by atoms with E-state index in [1.165, 1.54) is 12.8 Å². The van der Waals surface area contributed by atoms with E-state index in [4.69, 9.17) is 4.52 Å². The number of piperidine rings is 1. The Hall–Kier alpha value is -2.51. The van der Waals surface area contributed by atoms with Gasteiger partial charge in [0, 0.05) is 32.0 Å². The molecule has 0 unspecified atom stereocenters. The van der Waals surface area contributed by atoms with Gasteiger partial charge in [-0.1, -0.05) is 5.16 Å². The average molecular weight is 328 g/mol. The van der Waals surface area contributed by atoms with Gasteiger partial charge in [-0.15, -0.1) is 10.2 Å². The fourth-order valence-electron chi connectivity index (χ4n) is 3.02. The van der Waals surface area contributed by atoms with E-state index in [0.29, 0.717) is 17.5 Å². The molecule has 8 heteroatoms. The molecule has 1 saturated carbocycles. The first-order valence-corrected chi connectivity index (χ1v) is 8.39. The highest BCUT2D eigenvalue weighted by atomic mass is 16.5. The summed E-state index contributed by atoms with van der Waals surface area (Å²) in [6, 6.07) is 3.55. The number of nitrogens with zero attached hydrogens (tertiary/aromatic N) is 5. The third-order valence-corrected chi connectivity index (χ3v) is 4.68. The molecule has 3 heterocycles. The number of aromatic nitrogens is 4. The van der Waals surface area contributed by atoms with Gasteiger partial charge in [-0.25, -0.2) is 0 Å². The number of nitrogens with one attached hydrogen (secondary N) is 1. The molecule has 126 valence electrons. The van der Waals surface area contributed by atoms with Crippen molar-refractivity contribution in [3.05, 3.63) is 29.5 Å². The molecule has 2 fully saturated rings. The van der Waals surface area contributed by atoms with Crippen LogP contribution in [0.1, 0.15) is 59.7 Å². The molecule has 0 radical (unpaired) electrons. The minimum Gasteiger partial charge on any atom is -0.355 e. The Labute approximate surface area is 139 Å². The van der Waals surface area contributed by atoms with Crippen LogP contribution in [0.5, 0.6) is 0 Å². The molecule has 1 saturated heterocycles. The van der Waals surface area contributed by atoms with Crippen molar-refractivity contribution in [2.45, 2.75) is 37.5 Å². The maximum Gasteiger partial charge on any atom is 0.271 e. The summed E-state index contributed by atoms with van der Waals surface area (Å²) < 4.78 is 5.36. The normalized spacial score (nSPS) is 18.6. The van der Waals surface area contributed by atoms with E-state index < -0.39 is 0 Å². The summed E-state index contributed by atoms with van der Waals surface area (Å²) in [7, 11) is 1.58. The monoisotopic (exact) mass is 328 g/mol. The van der Waals surface area contributed by atoms with Crippen LogP contribution in [0.4, 0.5) is 5.82 Å². The molecular formula is C16H20N6O2. The van der Waals surface area contributed by atoms with Gasteiger partial charge in [-0.2, -0.15) is 4.98 Å². The van der Waals surface area contributed by atoms with Gasteiger partial charge in [0.1, 0.15) is 0 Å². The Morgan fingerprint density at radius 2 is 1.96 bits per heavy atom. The average Bonchev–Trinajstić information content (AvgIpc) is 3.38. The van der Waals surface area contributed by atoms with E-state index in [1.807, 2.05) is 6.07 Å². The highest BCUT2D eigenvalue weighted by Gasteiger charge is 2.32. The van der Waals surface area contributed by atoms with Crippen LogP contribution in [0.25, 0.3) is 0 Å². The number of amides is 1. The molecule has 1 N–H and O–H groups in total. The maximum atomic E-state index is 11.5. The molecule has 4 rings (SSSR count). The van der Waals surface area contributed by atoms with Crippen molar-refractivity contribution in [3.63, 3.8) is 0 Å². The predicted octanol–water partition coefficient (Wildman–Crippen LogP) is 1.48. The highest BCUT2D eigenvalue weighted by molar-refractivity contribution is 5.91. The molecule has 2 aromatic heterocycles. The summed E-state index contributed by atoms with van der Waals surface area (Å²) in [6.45, 7) is 1.73. The Bertz CT molecular complexity index is 716. The number of anilines is 1. The van der Waals surface area contributed by atoms with Gasteiger partial charge in [0.15, 0.2) is 17.3 Å². The van der Waals surface area contributed by atoms with Crippen LogP contribution in [0.15, 0.2) is 16.7 Å². The van der Waals surface area contributed by atoms with E-state index in [1.54, 1.807) is 13.1 Å². The van der Waals surface area contributed by atoms with Crippen LogP contribution >= 0.6 is 0 Å². The van der Waals surface area contributed by atoms with Crippen LogP contribution < -0.4 is 10.2 Å². The van der Waals surface area contributed by atoms with E-state index in [9.17, 15) is 4.79 Å². The summed E-state index contributed by atoms with van der Waals surface area (Å²) in [5.41, 5.74) is 0.329. The summed E-state index contributed by atoms with van der Waals surface area (Å²) in [4.78, 5) is 18.3. The molecule has 0 spiro atoms. The second kappa shape index (κ2) is 6.18. The molecular weight excluding hydrogens is 308 g/mol. The third kappa shape index (κ3) is 2.95. The fourth-order valence-corrected chi connectivity index (χ4v) is 3.02. The van der Waals surface area contributed by atoms with E-state index in [0.717, 1.165) is 43.5 Å². The molecule has 8 nitrogen and oxygen atoms in total. The molecule has 1 aliphatic heterocycles. The molecule has 0 bridgehead atoms. The molecule has 1 aliphatic carbocycles.